The van der Waals surface area contributed by atoms with Crippen LogP contribution in [-0.2, 0) is 11.3 Å². The molecule has 1 aliphatic heterocycles. The van der Waals surface area contributed by atoms with E-state index in [-0.39, 0.29) is 41.7 Å². The first-order valence-corrected chi connectivity index (χ1v) is 14.8. The molecule has 0 unspecified atom stereocenters. The third-order valence-corrected chi connectivity index (χ3v) is 7.80. The lowest BCUT2D eigenvalue weighted by Crippen LogP contribution is -2.49. The molecule has 45 heavy (non-hydrogen) atoms. The fraction of sp³-hybridized carbons (Fsp3) is 0.344. The van der Waals surface area contributed by atoms with Gasteiger partial charge >= 0.3 is 12.0 Å². The Labute approximate surface area is 260 Å². The van der Waals surface area contributed by atoms with Crippen molar-refractivity contribution in [1.29, 1.82) is 5.26 Å². The van der Waals surface area contributed by atoms with Gasteiger partial charge in [-0.15, -0.1) is 0 Å². The number of nitrogens with one attached hydrogen (secondary N) is 2. The first-order valence-electron chi connectivity index (χ1n) is 14.8. The van der Waals surface area contributed by atoms with Crippen molar-refractivity contribution in [3.8, 4) is 29.1 Å². The summed E-state index contributed by atoms with van der Waals surface area (Å²) in [5, 5.41) is 15.9. The highest BCUT2D eigenvalue weighted by Crippen LogP contribution is 2.30. The normalized spacial score (nSPS) is 17.8. The minimum absolute atomic E-state index is 0.0686. The third kappa shape index (κ3) is 7.25. The molecule has 1 aromatic carbocycles. The molecule has 2 amide bonds. The SMILES string of the molecule is COc1ncc(-c2ccc(N(C(=O)NCc3ccccc3)C3CCC(Nc4ncc(C#N)c(OC5COC5)n4)CC3)nc2)cn1. The topological polar surface area (TPSA) is 160 Å². The number of anilines is 2. The molecule has 4 heterocycles. The first kappa shape index (κ1) is 29.7. The molecule has 230 valence electrons. The van der Waals surface area contributed by atoms with Gasteiger partial charge in [-0.1, -0.05) is 30.3 Å². The van der Waals surface area contributed by atoms with E-state index in [9.17, 15) is 10.1 Å². The van der Waals surface area contributed by atoms with Crippen LogP contribution >= 0.6 is 0 Å². The van der Waals surface area contributed by atoms with E-state index in [1.54, 1.807) is 23.5 Å². The smallest absolute Gasteiger partial charge is 0.323 e. The number of carbonyl (C=O) groups excluding carboxylic acids is 1. The number of pyridine rings is 1. The second-order valence-corrected chi connectivity index (χ2v) is 10.8. The monoisotopic (exact) mass is 607 g/mol. The van der Waals surface area contributed by atoms with Gasteiger partial charge in [-0.05, 0) is 43.4 Å². The van der Waals surface area contributed by atoms with E-state index in [2.05, 4.69) is 36.6 Å². The molecule has 13 heteroatoms. The van der Waals surface area contributed by atoms with E-state index >= 15 is 0 Å². The molecule has 1 saturated carbocycles. The van der Waals surface area contributed by atoms with E-state index in [1.165, 1.54) is 13.3 Å². The van der Waals surface area contributed by atoms with Gasteiger partial charge in [-0.25, -0.2) is 24.7 Å². The van der Waals surface area contributed by atoms with Gasteiger partial charge in [0, 0.05) is 48.3 Å². The van der Waals surface area contributed by atoms with Crippen LogP contribution in [0.15, 0.2) is 67.3 Å². The molecule has 0 bridgehead atoms. The molecular formula is C32H33N9O4. The Morgan fingerprint density at radius 3 is 2.38 bits per heavy atom. The summed E-state index contributed by atoms with van der Waals surface area (Å²) < 4.78 is 16.0. The Hall–Kier alpha value is -5.35. The fourth-order valence-corrected chi connectivity index (χ4v) is 5.29. The fourth-order valence-electron chi connectivity index (χ4n) is 5.29. The molecule has 13 nitrogen and oxygen atoms in total. The van der Waals surface area contributed by atoms with Crippen molar-refractivity contribution >= 4 is 17.8 Å². The summed E-state index contributed by atoms with van der Waals surface area (Å²) in [7, 11) is 1.52. The Kier molecular flexibility index (Phi) is 9.22. The van der Waals surface area contributed by atoms with E-state index < -0.39 is 0 Å². The van der Waals surface area contributed by atoms with Crippen molar-refractivity contribution in [2.24, 2.45) is 0 Å². The molecule has 1 aliphatic carbocycles. The zero-order valence-corrected chi connectivity index (χ0v) is 24.8. The van der Waals surface area contributed by atoms with Gasteiger partial charge in [-0.3, -0.25) is 4.90 Å². The van der Waals surface area contributed by atoms with Crippen LogP contribution in [-0.4, -0.2) is 69.5 Å². The maximum absolute atomic E-state index is 13.7. The average Bonchev–Trinajstić information content (AvgIpc) is 3.07. The number of hydrogen-bond acceptors (Lipinski definition) is 11. The molecule has 4 aromatic rings. The van der Waals surface area contributed by atoms with Gasteiger partial charge in [0.1, 0.15) is 23.6 Å². The molecule has 6 rings (SSSR count). The van der Waals surface area contributed by atoms with Gasteiger partial charge in [0.15, 0.2) is 0 Å². The number of methoxy groups -OCH3 is 1. The van der Waals surface area contributed by atoms with Crippen LogP contribution in [0.2, 0.25) is 0 Å². The molecule has 2 aliphatic rings. The maximum atomic E-state index is 13.7. The quantitative estimate of drug-likeness (QED) is 0.267. The summed E-state index contributed by atoms with van der Waals surface area (Å²) in [6, 6.07) is 15.8. The summed E-state index contributed by atoms with van der Waals surface area (Å²) in [5.41, 5.74) is 2.92. The van der Waals surface area contributed by atoms with Gasteiger partial charge in [0.05, 0.1) is 26.5 Å². The standard InChI is InChI=1S/C32H33N9O4/c1-43-31-36-17-24(18-37-31)22-7-12-28(34-15-22)41(32(42)38-14-21-5-3-2-4-6-21)26-10-8-25(9-11-26)39-30-35-16-23(13-33)29(40-30)45-27-19-44-20-27/h2-7,12,15-18,25-27H,8-11,14,19-20H2,1H3,(H,38,42)(H,35,39,40). The number of rotatable bonds is 10. The van der Waals surface area contributed by atoms with Gasteiger partial charge in [-0.2, -0.15) is 10.2 Å². The van der Waals surface area contributed by atoms with E-state index in [4.69, 9.17) is 19.2 Å². The van der Waals surface area contributed by atoms with Crippen molar-refractivity contribution in [3.63, 3.8) is 0 Å². The molecule has 2 N–H and O–H groups in total. The first-order chi connectivity index (χ1) is 22.1. The number of nitrogens with zero attached hydrogens (tertiary/aromatic N) is 7. The molecule has 3 aromatic heterocycles. The number of ether oxygens (including phenoxy) is 3. The molecule has 0 radical (unpaired) electrons. The Balaban J connectivity index is 1.15. The van der Waals surface area contributed by atoms with Gasteiger partial charge < -0.3 is 24.8 Å². The zero-order chi connectivity index (χ0) is 31.0. The van der Waals surface area contributed by atoms with E-state index in [0.29, 0.717) is 31.5 Å². The van der Waals surface area contributed by atoms with Crippen LogP contribution in [0.4, 0.5) is 16.6 Å². The highest BCUT2D eigenvalue weighted by Gasteiger charge is 2.31. The number of hydrogen-bond donors (Lipinski definition) is 2. The third-order valence-electron chi connectivity index (χ3n) is 7.80. The highest BCUT2D eigenvalue weighted by atomic mass is 16.6. The summed E-state index contributed by atoms with van der Waals surface area (Å²) in [4.78, 5) is 37.3. The van der Waals surface area contributed by atoms with Crippen LogP contribution in [0.3, 0.4) is 0 Å². The Bertz CT molecular complexity index is 1620. The predicted molar refractivity (Wildman–Crippen MR) is 165 cm³/mol. The van der Waals surface area contributed by atoms with E-state index in [1.807, 2.05) is 42.5 Å². The van der Waals surface area contributed by atoms with Crippen molar-refractivity contribution in [1.82, 2.24) is 30.2 Å². The van der Waals surface area contributed by atoms with Crippen molar-refractivity contribution < 1.29 is 19.0 Å². The van der Waals surface area contributed by atoms with Crippen LogP contribution in [0.5, 0.6) is 11.9 Å². The Morgan fingerprint density at radius 1 is 0.978 bits per heavy atom. The lowest BCUT2D eigenvalue weighted by atomic mass is 9.90. The Morgan fingerprint density at radius 2 is 1.73 bits per heavy atom. The average molecular weight is 608 g/mol. The summed E-state index contributed by atoms with van der Waals surface area (Å²) in [5.74, 6) is 1.23. The summed E-state index contributed by atoms with van der Waals surface area (Å²) >= 11 is 0. The minimum Gasteiger partial charge on any atom is -0.468 e. The number of amides is 2. The second kappa shape index (κ2) is 14.0. The van der Waals surface area contributed by atoms with E-state index in [0.717, 1.165) is 42.4 Å². The van der Waals surface area contributed by atoms with Crippen LogP contribution in [0.1, 0.15) is 36.8 Å². The van der Waals surface area contributed by atoms with Crippen molar-refractivity contribution in [2.45, 2.75) is 50.4 Å². The molecule has 0 atom stereocenters. The van der Waals surface area contributed by atoms with Gasteiger partial charge in [0.25, 0.3) is 0 Å². The number of urea groups is 1. The molecule has 1 saturated heterocycles. The number of aromatic nitrogens is 5. The highest BCUT2D eigenvalue weighted by molar-refractivity contribution is 5.91. The lowest BCUT2D eigenvalue weighted by Gasteiger charge is -2.36. The number of carbonyl (C=O) groups is 1. The zero-order valence-electron chi connectivity index (χ0n) is 24.8. The number of nitriles is 1. The maximum Gasteiger partial charge on any atom is 0.323 e. The molecule has 0 spiro atoms. The predicted octanol–water partition coefficient (Wildman–Crippen LogP) is 4.13. The summed E-state index contributed by atoms with van der Waals surface area (Å²) in [6.45, 7) is 1.36. The van der Waals surface area contributed by atoms with Crippen LogP contribution < -0.4 is 25.0 Å². The largest absolute Gasteiger partial charge is 0.468 e. The molecular weight excluding hydrogens is 574 g/mol. The van der Waals surface area contributed by atoms with Crippen LogP contribution in [0.25, 0.3) is 11.1 Å². The lowest BCUT2D eigenvalue weighted by molar-refractivity contribution is -0.0814. The van der Waals surface area contributed by atoms with Crippen LogP contribution in [0, 0.1) is 11.3 Å². The number of benzene rings is 1. The minimum atomic E-state index is -0.208. The molecule has 2 fully saturated rings. The summed E-state index contributed by atoms with van der Waals surface area (Å²) in [6.07, 6.45) is 9.49. The van der Waals surface area contributed by atoms with Crippen molar-refractivity contribution in [3.05, 3.63) is 78.4 Å². The second-order valence-electron chi connectivity index (χ2n) is 10.8. The van der Waals surface area contributed by atoms with Gasteiger partial charge in [0.2, 0.25) is 11.8 Å². The van der Waals surface area contributed by atoms with Crippen molar-refractivity contribution in [2.75, 3.05) is 30.5 Å².